The summed E-state index contributed by atoms with van der Waals surface area (Å²) >= 11 is 0. The Hall–Kier alpha value is -1.61. The number of nitrogens with zero attached hydrogens (tertiary/aromatic N) is 1. The van der Waals surface area contributed by atoms with Gasteiger partial charge in [0.25, 0.3) is 0 Å². The average molecular weight is 230 g/mol. The van der Waals surface area contributed by atoms with Crippen LogP contribution < -0.4 is 5.32 Å². The molecule has 2 heterocycles. The zero-order chi connectivity index (χ0) is 12.3. The van der Waals surface area contributed by atoms with E-state index in [1.165, 1.54) is 5.56 Å². The van der Waals surface area contributed by atoms with Crippen molar-refractivity contribution in [1.29, 1.82) is 0 Å². The predicted molar refractivity (Wildman–Crippen MR) is 67.9 cm³/mol. The Morgan fingerprint density at radius 1 is 1.29 bits per heavy atom. The highest BCUT2D eigenvalue weighted by atomic mass is 16.3. The molecule has 0 saturated heterocycles. The van der Waals surface area contributed by atoms with Crippen LogP contribution in [0.4, 0.5) is 0 Å². The van der Waals surface area contributed by atoms with E-state index in [1.54, 1.807) is 6.26 Å². The first-order valence-corrected chi connectivity index (χ1v) is 5.84. The van der Waals surface area contributed by atoms with E-state index in [0.29, 0.717) is 0 Å². The summed E-state index contributed by atoms with van der Waals surface area (Å²) in [6.07, 6.45) is 2.57. The first kappa shape index (κ1) is 11.9. The van der Waals surface area contributed by atoms with E-state index >= 15 is 0 Å². The molecule has 0 aliphatic rings. The molecule has 3 heteroatoms. The summed E-state index contributed by atoms with van der Waals surface area (Å²) in [5, 5.41) is 3.32. The van der Waals surface area contributed by atoms with Crippen LogP contribution in [0.25, 0.3) is 0 Å². The van der Waals surface area contributed by atoms with Crippen molar-refractivity contribution < 1.29 is 4.42 Å². The molecule has 0 amide bonds. The van der Waals surface area contributed by atoms with Gasteiger partial charge in [0.1, 0.15) is 5.76 Å². The third-order valence-corrected chi connectivity index (χ3v) is 2.84. The van der Waals surface area contributed by atoms with Crippen LogP contribution in [0.15, 0.2) is 34.9 Å². The Morgan fingerprint density at radius 3 is 2.53 bits per heavy atom. The van der Waals surface area contributed by atoms with Crippen molar-refractivity contribution in [3.05, 3.63) is 53.2 Å². The molecule has 17 heavy (non-hydrogen) atoms. The van der Waals surface area contributed by atoms with Crippen LogP contribution in [0.1, 0.15) is 28.8 Å². The Kier molecular flexibility index (Phi) is 3.59. The second kappa shape index (κ2) is 5.15. The highest BCUT2D eigenvalue weighted by molar-refractivity contribution is 5.24. The fourth-order valence-corrected chi connectivity index (χ4v) is 2.08. The van der Waals surface area contributed by atoms with Crippen LogP contribution in [0.3, 0.4) is 0 Å². The first-order chi connectivity index (χ1) is 8.19. The van der Waals surface area contributed by atoms with Crippen molar-refractivity contribution in [3.63, 3.8) is 0 Å². The standard InChI is InChI=1S/C14H18N2O/c1-10-7-12(8-11(2)16-10)14(15-3)9-13-5-4-6-17-13/h4-8,14-15H,9H2,1-3H3. The van der Waals surface area contributed by atoms with E-state index in [1.807, 2.05) is 33.0 Å². The maximum atomic E-state index is 5.39. The number of furan rings is 1. The van der Waals surface area contributed by atoms with Gasteiger partial charge in [-0.2, -0.15) is 0 Å². The molecule has 0 fully saturated rings. The highest BCUT2D eigenvalue weighted by Crippen LogP contribution is 2.19. The first-order valence-electron chi connectivity index (χ1n) is 5.84. The molecule has 0 aliphatic heterocycles. The Morgan fingerprint density at radius 2 is 2.00 bits per heavy atom. The summed E-state index contributed by atoms with van der Waals surface area (Å²) < 4.78 is 5.39. The molecule has 0 aliphatic carbocycles. The van der Waals surface area contributed by atoms with Gasteiger partial charge in [-0.25, -0.2) is 0 Å². The molecule has 1 unspecified atom stereocenters. The van der Waals surface area contributed by atoms with E-state index in [-0.39, 0.29) is 6.04 Å². The van der Waals surface area contributed by atoms with E-state index in [2.05, 4.69) is 22.4 Å². The van der Waals surface area contributed by atoms with Crippen LogP contribution in [0.5, 0.6) is 0 Å². The number of aryl methyl sites for hydroxylation is 2. The van der Waals surface area contributed by atoms with E-state index in [0.717, 1.165) is 23.6 Å². The summed E-state index contributed by atoms with van der Waals surface area (Å²) in [7, 11) is 1.97. The van der Waals surface area contributed by atoms with E-state index in [4.69, 9.17) is 4.42 Å². The number of rotatable bonds is 4. The Balaban J connectivity index is 2.22. The molecule has 2 aromatic heterocycles. The molecule has 0 aromatic carbocycles. The molecule has 3 nitrogen and oxygen atoms in total. The van der Waals surface area contributed by atoms with Crippen molar-refractivity contribution in [2.45, 2.75) is 26.3 Å². The van der Waals surface area contributed by atoms with Crippen molar-refractivity contribution in [2.24, 2.45) is 0 Å². The lowest BCUT2D eigenvalue weighted by Gasteiger charge is -2.16. The lowest BCUT2D eigenvalue weighted by Crippen LogP contribution is -2.19. The van der Waals surface area contributed by atoms with Gasteiger partial charge in [-0.1, -0.05) is 0 Å². The SMILES string of the molecule is CNC(Cc1ccco1)c1cc(C)nc(C)c1. The minimum atomic E-state index is 0.265. The van der Waals surface area contributed by atoms with Crippen molar-refractivity contribution in [2.75, 3.05) is 7.05 Å². The van der Waals surface area contributed by atoms with Gasteiger partial charge in [-0.15, -0.1) is 0 Å². The van der Waals surface area contributed by atoms with Crippen LogP contribution in [0, 0.1) is 13.8 Å². The van der Waals surface area contributed by atoms with Crippen LogP contribution in [0.2, 0.25) is 0 Å². The molecule has 1 N–H and O–H groups in total. The topological polar surface area (TPSA) is 38.1 Å². The molecule has 0 bridgehead atoms. The zero-order valence-corrected chi connectivity index (χ0v) is 10.5. The summed E-state index contributed by atoms with van der Waals surface area (Å²) in [6, 6.07) is 8.44. The normalized spacial score (nSPS) is 12.6. The maximum Gasteiger partial charge on any atom is 0.105 e. The summed E-state index contributed by atoms with van der Waals surface area (Å²) in [5.41, 5.74) is 3.37. The molecule has 0 radical (unpaired) electrons. The number of hydrogen-bond acceptors (Lipinski definition) is 3. The second-order valence-corrected chi connectivity index (χ2v) is 4.31. The van der Waals surface area contributed by atoms with Crippen molar-refractivity contribution in [3.8, 4) is 0 Å². The van der Waals surface area contributed by atoms with Crippen LogP contribution in [-0.4, -0.2) is 12.0 Å². The monoisotopic (exact) mass is 230 g/mol. The van der Waals surface area contributed by atoms with Gasteiger partial charge >= 0.3 is 0 Å². The van der Waals surface area contributed by atoms with Crippen molar-refractivity contribution >= 4 is 0 Å². The van der Waals surface area contributed by atoms with Crippen LogP contribution >= 0.6 is 0 Å². The summed E-state index contributed by atoms with van der Waals surface area (Å²) in [4.78, 5) is 4.40. The number of nitrogens with one attached hydrogen (secondary N) is 1. The molecule has 0 spiro atoms. The molecule has 2 rings (SSSR count). The molecule has 0 saturated carbocycles. The smallest absolute Gasteiger partial charge is 0.105 e. The molecule has 90 valence electrons. The van der Waals surface area contributed by atoms with Gasteiger partial charge in [0.15, 0.2) is 0 Å². The van der Waals surface area contributed by atoms with E-state index < -0.39 is 0 Å². The molecular formula is C14H18N2O. The minimum Gasteiger partial charge on any atom is -0.469 e. The zero-order valence-electron chi connectivity index (χ0n) is 10.5. The lowest BCUT2D eigenvalue weighted by molar-refractivity contribution is 0.465. The van der Waals surface area contributed by atoms with Gasteiger partial charge in [0, 0.05) is 23.9 Å². The van der Waals surface area contributed by atoms with E-state index in [9.17, 15) is 0 Å². The number of aromatic nitrogens is 1. The predicted octanol–water partition coefficient (Wildman–Crippen LogP) is 2.79. The molecular weight excluding hydrogens is 212 g/mol. The van der Waals surface area contributed by atoms with Gasteiger partial charge in [0.2, 0.25) is 0 Å². The third-order valence-electron chi connectivity index (χ3n) is 2.84. The number of pyridine rings is 1. The fraction of sp³-hybridized carbons (Fsp3) is 0.357. The summed E-state index contributed by atoms with van der Waals surface area (Å²) in [6.45, 7) is 4.05. The van der Waals surface area contributed by atoms with Gasteiger partial charge < -0.3 is 9.73 Å². The average Bonchev–Trinajstić information content (AvgIpc) is 2.77. The van der Waals surface area contributed by atoms with Gasteiger partial charge in [-0.05, 0) is 50.7 Å². The van der Waals surface area contributed by atoms with Crippen LogP contribution in [-0.2, 0) is 6.42 Å². The van der Waals surface area contributed by atoms with Crippen molar-refractivity contribution in [1.82, 2.24) is 10.3 Å². The maximum absolute atomic E-state index is 5.39. The minimum absolute atomic E-state index is 0.265. The second-order valence-electron chi connectivity index (χ2n) is 4.31. The quantitative estimate of drug-likeness (QED) is 0.877. The largest absolute Gasteiger partial charge is 0.469 e. The molecule has 2 aromatic rings. The number of likely N-dealkylation sites (N-methyl/N-ethyl adjacent to an activating group) is 1. The fourth-order valence-electron chi connectivity index (χ4n) is 2.08. The Bertz CT molecular complexity index is 457. The molecule has 1 atom stereocenters. The lowest BCUT2D eigenvalue weighted by atomic mass is 10.0. The Labute approximate surface area is 102 Å². The van der Waals surface area contributed by atoms with Gasteiger partial charge in [0.05, 0.1) is 6.26 Å². The highest BCUT2D eigenvalue weighted by Gasteiger charge is 2.12. The summed E-state index contributed by atoms with van der Waals surface area (Å²) in [5.74, 6) is 0.997. The number of hydrogen-bond donors (Lipinski definition) is 1. The third kappa shape index (κ3) is 2.94. The van der Waals surface area contributed by atoms with Gasteiger partial charge in [-0.3, -0.25) is 4.98 Å².